The lowest BCUT2D eigenvalue weighted by molar-refractivity contribution is 0.497. The standard InChI is InChI=1S/C9H18N4S/c1-3-4-10-5-8(2)11-6-9-7-14-13-12-9/h7-8,10-11H,3-6H2,1-2H3. The summed E-state index contributed by atoms with van der Waals surface area (Å²) in [6.45, 7) is 7.25. The molecule has 0 aliphatic carbocycles. The molecule has 2 N–H and O–H groups in total. The van der Waals surface area contributed by atoms with Gasteiger partial charge in [-0.1, -0.05) is 11.4 Å². The van der Waals surface area contributed by atoms with Gasteiger partial charge >= 0.3 is 0 Å². The molecular weight excluding hydrogens is 196 g/mol. The molecular formula is C9H18N4S. The SMILES string of the molecule is CCCNCC(C)NCc1csnn1. The second-order valence-electron chi connectivity index (χ2n) is 3.38. The smallest absolute Gasteiger partial charge is 0.0893 e. The van der Waals surface area contributed by atoms with E-state index in [1.54, 1.807) is 0 Å². The zero-order valence-corrected chi connectivity index (χ0v) is 9.60. The van der Waals surface area contributed by atoms with Crippen molar-refractivity contribution in [1.29, 1.82) is 0 Å². The Labute approximate surface area is 89.3 Å². The summed E-state index contributed by atoms with van der Waals surface area (Å²) in [5.41, 5.74) is 1.03. The Kier molecular flexibility index (Phi) is 5.66. The summed E-state index contributed by atoms with van der Waals surface area (Å²) in [5, 5.41) is 12.7. The van der Waals surface area contributed by atoms with Gasteiger partial charge in [-0.05, 0) is 31.4 Å². The van der Waals surface area contributed by atoms with Crippen LogP contribution in [0.25, 0.3) is 0 Å². The fraction of sp³-hybridized carbons (Fsp3) is 0.778. The Hall–Kier alpha value is -0.520. The van der Waals surface area contributed by atoms with Gasteiger partial charge in [0.25, 0.3) is 0 Å². The maximum atomic E-state index is 3.97. The fourth-order valence-corrected chi connectivity index (χ4v) is 1.56. The minimum absolute atomic E-state index is 0.475. The molecule has 0 bridgehead atoms. The minimum atomic E-state index is 0.475. The molecule has 80 valence electrons. The third kappa shape index (κ3) is 4.64. The van der Waals surface area contributed by atoms with Crippen molar-refractivity contribution in [2.45, 2.75) is 32.9 Å². The van der Waals surface area contributed by atoms with Gasteiger partial charge in [0.05, 0.1) is 5.69 Å². The molecule has 1 rings (SSSR count). The molecule has 1 aromatic rings. The number of aromatic nitrogens is 2. The molecule has 0 amide bonds. The van der Waals surface area contributed by atoms with Crippen molar-refractivity contribution in [2.75, 3.05) is 13.1 Å². The quantitative estimate of drug-likeness (QED) is 0.665. The molecule has 0 spiro atoms. The highest BCUT2D eigenvalue weighted by molar-refractivity contribution is 7.03. The second kappa shape index (κ2) is 6.86. The van der Waals surface area contributed by atoms with Crippen LogP contribution in [0, 0.1) is 0 Å². The summed E-state index contributed by atoms with van der Waals surface area (Å²) >= 11 is 1.40. The first-order valence-corrected chi connectivity index (χ1v) is 5.86. The topological polar surface area (TPSA) is 49.8 Å². The Morgan fingerprint density at radius 3 is 3.07 bits per heavy atom. The van der Waals surface area contributed by atoms with Crippen LogP contribution in [0.2, 0.25) is 0 Å². The van der Waals surface area contributed by atoms with Crippen LogP contribution in [-0.4, -0.2) is 28.7 Å². The third-order valence-corrected chi connectivity index (χ3v) is 2.47. The van der Waals surface area contributed by atoms with Crippen LogP contribution in [-0.2, 0) is 6.54 Å². The summed E-state index contributed by atoms with van der Waals surface area (Å²) in [5.74, 6) is 0. The summed E-state index contributed by atoms with van der Waals surface area (Å²) < 4.78 is 3.81. The molecule has 0 aromatic carbocycles. The van der Waals surface area contributed by atoms with Gasteiger partial charge in [0, 0.05) is 24.5 Å². The summed E-state index contributed by atoms with van der Waals surface area (Å²) in [4.78, 5) is 0. The highest BCUT2D eigenvalue weighted by atomic mass is 32.1. The molecule has 0 saturated heterocycles. The molecule has 0 saturated carbocycles. The first kappa shape index (κ1) is 11.6. The van der Waals surface area contributed by atoms with E-state index in [0.717, 1.165) is 25.3 Å². The zero-order valence-electron chi connectivity index (χ0n) is 8.79. The third-order valence-electron chi connectivity index (χ3n) is 1.91. The van der Waals surface area contributed by atoms with Crippen molar-refractivity contribution >= 4 is 11.5 Å². The van der Waals surface area contributed by atoms with E-state index in [1.165, 1.54) is 18.0 Å². The van der Waals surface area contributed by atoms with Crippen molar-refractivity contribution in [2.24, 2.45) is 0 Å². The molecule has 14 heavy (non-hydrogen) atoms. The first-order valence-electron chi connectivity index (χ1n) is 5.03. The lowest BCUT2D eigenvalue weighted by Crippen LogP contribution is -2.36. The minimum Gasteiger partial charge on any atom is -0.315 e. The highest BCUT2D eigenvalue weighted by Crippen LogP contribution is 1.96. The zero-order chi connectivity index (χ0) is 10.2. The van der Waals surface area contributed by atoms with Crippen LogP contribution in [0.5, 0.6) is 0 Å². The Morgan fingerprint density at radius 2 is 2.43 bits per heavy atom. The van der Waals surface area contributed by atoms with Crippen molar-refractivity contribution in [1.82, 2.24) is 20.2 Å². The van der Waals surface area contributed by atoms with E-state index >= 15 is 0 Å². The lowest BCUT2D eigenvalue weighted by Gasteiger charge is -2.13. The molecule has 4 nitrogen and oxygen atoms in total. The molecule has 1 atom stereocenters. The number of nitrogens with zero attached hydrogens (tertiary/aromatic N) is 2. The van der Waals surface area contributed by atoms with Gasteiger partial charge in [-0.2, -0.15) is 0 Å². The van der Waals surface area contributed by atoms with Crippen molar-refractivity contribution in [3.63, 3.8) is 0 Å². The van der Waals surface area contributed by atoms with Gasteiger partial charge in [0.15, 0.2) is 0 Å². The highest BCUT2D eigenvalue weighted by Gasteiger charge is 2.01. The molecule has 0 aliphatic rings. The van der Waals surface area contributed by atoms with Crippen LogP contribution in [0.1, 0.15) is 26.0 Å². The monoisotopic (exact) mass is 214 g/mol. The molecule has 0 fully saturated rings. The van der Waals surface area contributed by atoms with E-state index < -0.39 is 0 Å². The van der Waals surface area contributed by atoms with Gasteiger partial charge < -0.3 is 10.6 Å². The number of nitrogens with one attached hydrogen (secondary N) is 2. The van der Waals surface area contributed by atoms with E-state index in [2.05, 4.69) is 34.1 Å². The van der Waals surface area contributed by atoms with E-state index in [9.17, 15) is 0 Å². The predicted octanol–water partition coefficient (Wildman–Crippen LogP) is 1.02. The predicted molar refractivity (Wildman–Crippen MR) is 59.4 cm³/mol. The number of hydrogen-bond acceptors (Lipinski definition) is 5. The lowest BCUT2D eigenvalue weighted by atomic mass is 10.3. The van der Waals surface area contributed by atoms with Crippen LogP contribution in [0.15, 0.2) is 5.38 Å². The molecule has 1 unspecified atom stereocenters. The van der Waals surface area contributed by atoms with Gasteiger partial charge in [-0.25, -0.2) is 0 Å². The van der Waals surface area contributed by atoms with Gasteiger partial charge in [0.1, 0.15) is 0 Å². The Balaban J connectivity index is 2.06. The normalized spacial score (nSPS) is 13.0. The van der Waals surface area contributed by atoms with Crippen LogP contribution in [0.3, 0.4) is 0 Å². The van der Waals surface area contributed by atoms with Crippen molar-refractivity contribution in [3.8, 4) is 0 Å². The van der Waals surface area contributed by atoms with Crippen LogP contribution >= 0.6 is 11.5 Å². The largest absolute Gasteiger partial charge is 0.315 e. The second-order valence-corrected chi connectivity index (χ2v) is 3.99. The molecule has 1 aromatic heterocycles. The van der Waals surface area contributed by atoms with E-state index in [0.29, 0.717) is 6.04 Å². The van der Waals surface area contributed by atoms with E-state index in [4.69, 9.17) is 0 Å². The summed E-state index contributed by atoms with van der Waals surface area (Å²) in [7, 11) is 0. The Bertz CT molecular complexity index is 225. The van der Waals surface area contributed by atoms with Gasteiger partial charge in [0.2, 0.25) is 0 Å². The fourth-order valence-electron chi connectivity index (χ4n) is 1.11. The molecule has 1 heterocycles. The molecule has 0 aliphatic heterocycles. The summed E-state index contributed by atoms with van der Waals surface area (Å²) in [6.07, 6.45) is 1.18. The van der Waals surface area contributed by atoms with E-state index in [-0.39, 0.29) is 0 Å². The van der Waals surface area contributed by atoms with Crippen LogP contribution < -0.4 is 10.6 Å². The molecule has 5 heteroatoms. The van der Waals surface area contributed by atoms with Crippen molar-refractivity contribution in [3.05, 3.63) is 11.1 Å². The van der Waals surface area contributed by atoms with Gasteiger partial charge in [-0.15, -0.1) is 5.10 Å². The average Bonchev–Trinajstić information content (AvgIpc) is 2.68. The number of rotatable bonds is 7. The van der Waals surface area contributed by atoms with Crippen molar-refractivity contribution < 1.29 is 0 Å². The maximum absolute atomic E-state index is 3.97. The number of hydrogen-bond donors (Lipinski definition) is 2. The molecule has 0 radical (unpaired) electrons. The van der Waals surface area contributed by atoms with Gasteiger partial charge in [-0.3, -0.25) is 0 Å². The summed E-state index contributed by atoms with van der Waals surface area (Å²) in [6, 6.07) is 0.475. The van der Waals surface area contributed by atoms with Crippen LogP contribution in [0.4, 0.5) is 0 Å². The average molecular weight is 214 g/mol. The maximum Gasteiger partial charge on any atom is 0.0893 e. The first-order chi connectivity index (χ1) is 6.83. The Morgan fingerprint density at radius 1 is 1.57 bits per heavy atom. The van der Waals surface area contributed by atoms with E-state index in [1.807, 2.05) is 5.38 Å².